The van der Waals surface area contributed by atoms with Crippen LogP contribution in [0.25, 0.3) is 0 Å². The summed E-state index contributed by atoms with van der Waals surface area (Å²) in [5.74, 6) is -0.533. The van der Waals surface area contributed by atoms with E-state index >= 15 is 0 Å². The van der Waals surface area contributed by atoms with Crippen molar-refractivity contribution in [3.05, 3.63) is 48.2 Å². The highest BCUT2D eigenvalue weighted by Crippen LogP contribution is 2.20. The van der Waals surface area contributed by atoms with Crippen LogP contribution in [0.5, 0.6) is 0 Å². The van der Waals surface area contributed by atoms with Gasteiger partial charge in [-0.15, -0.1) is 0 Å². The van der Waals surface area contributed by atoms with Gasteiger partial charge in [0.15, 0.2) is 5.69 Å². The van der Waals surface area contributed by atoms with Crippen molar-refractivity contribution in [2.45, 2.75) is 19.4 Å². The molecule has 0 radical (unpaired) electrons. The van der Waals surface area contributed by atoms with E-state index in [1.807, 2.05) is 12.1 Å². The Labute approximate surface area is 110 Å². The summed E-state index contributed by atoms with van der Waals surface area (Å²) in [6.07, 6.45) is 7.00. The van der Waals surface area contributed by atoms with E-state index in [1.54, 1.807) is 12.4 Å². The van der Waals surface area contributed by atoms with Gasteiger partial charge < -0.3 is 10.4 Å². The molecular weight excluding hydrogens is 244 g/mol. The predicted molar refractivity (Wildman–Crippen MR) is 69.9 cm³/mol. The zero-order chi connectivity index (χ0) is 13.7. The Morgan fingerprint density at radius 1 is 1.32 bits per heavy atom. The lowest BCUT2D eigenvalue weighted by molar-refractivity contribution is 0.0690. The van der Waals surface area contributed by atoms with Crippen LogP contribution in [0.1, 0.15) is 35.4 Å². The fourth-order valence-corrected chi connectivity index (χ4v) is 1.71. The molecule has 98 valence electrons. The molecule has 0 saturated carbocycles. The van der Waals surface area contributed by atoms with E-state index in [4.69, 9.17) is 5.11 Å². The van der Waals surface area contributed by atoms with Gasteiger partial charge in [0.05, 0.1) is 18.4 Å². The monoisotopic (exact) mass is 258 g/mol. The Morgan fingerprint density at radius 3 is 2.58 bits per heavy atom. The van der Waals surface area contributed by atoms with Gasteiger partial charge in [-0.3, -0.25) is 4.98 Å². The minimum absolute atomic E-state index is 0.0671. The molecule has 0 aromatic carbocycles. The van der Waals surface area contributed by atoms with Gasteiger partial charge in [0.2, 0.25) is 0 Å². The highest BCUT2D eigenvalue weighted by atomic mass is 16.4. The Hall–Kier alpha value is -2.50. The van der Waals surface area contributed by atoms with Crippen LogP contribution in [0.4, 0.5) is 5.82 Å². The van der Waals surface area contributed by atoms with Gasteiger partial charge in [0, 0.05) is 12.4 Å². The zero-order valence-electron chi connectivity index (χ0n) is 10.4. The summed E-state index contributed by atoms with van der Waals surface area (Å²) in [6.45, 7) is 2.05. The van der Waals surface area contributed by atoms with E-state index in [0.29, 0.717) is 5.82 Å². The van der Waals surface area contributed by atoms with Crippen molar-refractivity contribution in [2.75, 3.05) is 5.32 Å². The van der Waals surface area contributed by atoms with Crippen LogP contribution in [-0.4, -0.2) is 26.0 Å². The smallest absolute Gasteiger partial charge is 0.356 e. The van der Waals surface area contributed by atoms with E-state index in [1.165, 1.54) is 12.4 Å². The average molecular weight is 258 g/mol. The van der Waals surface area contributed by atoms with Gasteiger partial charge in [-0.1, -0.05) is 6.92 Å². The van der Waals surface area contributed by atoms with Crippen molar-refractivity contribution in [1.29, 1.82) is 0 Å². The lowest BCUT2D eigenvalue weighted by Gasteiger charge is -2.17. The van der Waals surface area contributed by atoms with Crippen molar-refractivity contribution >= 4 is 11.8 Å². The van der Waals surface area contributed by atoms with Gasteiger partial charge in [-0.25, -0.2) is 14.8 Å². The molecule has 6 heteroatoms. The summed E-state index contributed by atoms with van der Waals surface area (Å²) in [4.78, 5) is 22.5. The second kappa shape index (κ2) is 5.90. The van der Waals surface area contributed by atoms with Gasteiger partial charge in [0.25, 0.3) is 0 Å². The van der Waals surface area contributed by atoms with Crippen LogP contribution in [0.2, 0.25) is 0 Å². The summed E-state index contributed by atoms with van der Waals surface area (Å²) in [7, 11) is 0. The maximum absolute atomic E-state index is 10.7. The van der Waals surface area contributed by atoms with Crippen LogP contribution in [-0.2, 0) is 0 Å². The zero-order valence-corrected chi connectivity index (χ0v) is 10.4. The molecule has 1 atom stereocenters. The fraction of sp³-hybridized carbons (Fsp3) is 0.231. The summed E-state index contributed by atoms with van der Waals surface area (Å²) in [5, 5.41) is 12.0. The van der Waals surface area contributed by atoms with E-state index in [-0.39, 0.29) is 11.7 Å². The molecule has 0 spiro atoms. The van der Waals surface area contributed by atoms with Gasteiger partial charge in [-0.2, -0.15) is 0 Å². The summed E-state index contributed by atoms with van der Waals surface area (Å²) >= 11 is 0. The number of aromatic nitrogens is 3. The van der Waals surface area contributed by atoms with Crippen molar-refractivity contribution in [1.82, 2.24) is 15.0 Å². The topological polar surface area (TPSA) is 88.0 Å². The number of hydrogen-bond acceptors (Lipinski definition) is 5. The van der Waals surface area contributed by atoms with Crippen LogP contribution < -0.4 is 5.32 Å². The average Bonchev–Trinajstić information content (AvgIpc) is 2.46. The number of nitrogens with zero attached hydrogens (tertiary/aromatic N) is 3. The molecule has 2 N–H and O–H groups in total. The summed E-state index contributed by atoms with van der Waals surface area (Å²) in [6, 6.07) is 3.95. The third-order valence-corrected chi connectivity index (χ3v) is 2.71. The molecule has 2 aromatic rings. The number of carboxylic acids is 1. The van der Waals surface area contributed by atoms with Gasteiger partial charge in [-0.05, 0) is 24.1 Å². The maximum Gasteiger partial charge on any atom is 0.356 e. The molecule has 0 saturated heterocycles. The quantitative estimate of drug-likeness (QED) is 0.854. The van der Waals surface area contributed by atoms with E-state index in [2.05, 4.69) is 27.2 Å². The first-order valence-electron chi connectivity index (χ1n) is 5.92. The highest BCUT2D eigenvalue weighted by molar-refractivity contribution is 5.84. The van der Waals surface area contributed by atoms with Crippen LogP contribution in [0.15, 0.2) is 36.9 Å². The van der Waals surface area contributed by atoms with Crippen LogP contribution >= 0.6 is 0 Å². The van der Waals surface area contributed by atoms with Crippen molar-refractivity contribution in [3.63, 3.8) is 0 Å². The van der Waals surface area contributed by atoms with Crippen molar-refractivity contribution in [2.24, 2.45) is 0 Å². The van der Waals surface area contributed by atoms with Crippen LogP contribution in [0, 0.1) is 0 Å². The van der Waals surface area contributed by atoms with Crippen LogP contribution in [0.3, 0.4) is 0 Å². The minimum atomic E-state index is -1.08. The van der Waals surface area contributed by atoms with Gasteiger partial charge in [0.1, 0.15) is 5.82 Å². The van der Waals surface area contributed by atoms with Crippen molar-refractivity contribution in [3.8, 4) is 0 Å². The SMILES string of the molecule is CCC(Nc1cnc(C(=O)O)cn1)c1ccncc1. The summed E-state index contributed by atoms with van der Waals surface area (Å²) in [5.41, 5.74) is 1.03. The largest absolute Gasteiger partial charge is 0.476 e. The minimum Gasteiger partial charge on any atom is -0.476 e. The number of pyridine rings is 1. The first-order chi connectivity index (χ1) is 9.20. The number of rotatable bonds is 5. The molecular formula is C13H14N4O2. The molecule has 6 nitrogen and oxygen atoms in total. The molecule has 2 heterocycles. The second-order valence-electron chi connectivity index (χ2n) is 3.98. The Bertz CT molecular complexity index is 542. The van der Waals surface area contributed by atoms with Gasteiger partial charge >= 0.3 is 5.97 Å². The normalized spacial score (nSPS) is 11.8. The Kier molecular flexibility index (Phi) is 4.02. The highest BCUT2D eigenvalue weighted by Gasteiger charge is 2.10. The third kappa shape index (κ3) is 3.25. The molecule has 0 bridgehead atoms. The molecule has 1 unspecified atom stereocenters. The number of carboxylic acid groups (broad SMARTS) is 1. The molecule has 0 fully saturated rings. The number of anilines is 1. The number of hydrogen-bond donors (Lipinski definition) is 2. The predicted octanol–water partition coefficient (Wildman–Crippen LogP) is 2.13. The number of carbonyl (C=O) groups is 1. The first kappa shape index (κ1) is 12.9. The Morgan fingerprint density at radius 2 is 2.05 bits per heavy atom. The number of aromatic carboxylic acids is 1. The lowest BCUT2D eigenvalue weighted by Crippen LogP contribution is -2.12. The lowest BCUT2D eigenvalue weighted by atomic mass is 10.1. The second-order valence-corrected chi connectivity index (χ2v) is 3.98. The molecule has 2 rings (SSSR count). The fourth-order valence-electron chi connectivity index (χ4n) is 1.71. The molecule has 19 heavy (non-hydrogen) atoms. The third-order valence-electron chi connectivity index (χ3n) is 2.71. The molecule has 0 amide bonds. The molecule has 2 aromatic heterocycles. The van der Waals surface area contributed by atoms with E-state index < -0.39 is 5.97 Å². The first-order valence-corrected chi connectivity index (χ1v) is 5.92. The Balaban J connectivity index is 2.12. The van der Waals surface area contributed by atoms with E-state index in [9.17, 15) is 4.79 Å². The van der Waals surface area contributed by atoms with Crippen molar-refractivity contribution < 1.29 is 9.90 Å². The number of nitrogens with one attached hydrogen (secondary N) is 1. The molecule has 0 aliphatic rings. The standard InChI is InChI=1S/C13H14N4O2/c1-2-10(9-3-5-14-6-4-9)17-12-8-15-11(7-16-12)13(18)19/h3-8,10H,2H2,1H3,(H,16,17)(H,18,19). The van der Waals surface area contributed by atoms with E-state index in [0.717, 1.165) is 12.0 Å². The molecule has 0 aliphatic carbocycles. The molecule has 0 aliphatic heterocycles. The maximum atomic E-state index is 10.7. The summed E-state index contributed by atoms with van der Waals surface area (Å²) < 4.78 is 0.